The van der Waals surface area contributed by atoms with E-state index in [0.29, 0.717) is 28.5 Å². The van der Waals surface area contributed by atoms with Crippen LogP contribution in [-0.4, -0.2) is 31.2 Å². The molecule has 3 atom stereocenters. The van der Waals surface area contributed by atoms with Crippen LogP contribution in [0.15, 0.2) is 12.7 Å². The molecule has 1 saturated carbocycles. The van der Waals surface area contributed by atoms with Gasteiger partial charge in [-0.3, -0.25) is 0 Å². The highest BCUT2D eigenvalue weighted by Gasteiger charge is 2.41. The predicted octanol–water partition coefficient (Wildman–Crippen LogP) is 2.06. The van der Waals surface area contributed by atoms with Gasteiger partial charge in [-0.1, -0.05) is 24.9 Å². The minimum Gasteiger partial charge on any atom is -0.396 e. The lowest BCUT2D eigenvalue weighted by atomic mass is 9.68. The molecule has 2 aromatic heterocycles. The van der Waals surface area contributed by atoms with Crippen molar-refractivity contribution in [3.05, 3.63) is 17.8 Å². The summed E-state index contributed by atoms with van der Waals surface area (Å²) in [5, 5.41) is 9.68. The fraction of sp³-hybridized carbons (Fsp3) is 0.583. The highest BCUT2D eigenvalue weighted by Crippen LogP contribution is 2.46. The molecule has 0 spiro atoms. The smallest absolute Gasteiger partial charge is 0.165 e. The highest BCUT2D eigenvalue weighted by molar-refractivity contribution is 6.33. The van der Waals surface area contributed by atoms with Crippen LogP contribution in [-0.2, 0) is 0 Å². The van der Waals surface area contributed by atoms with Crippen molar-refractivity contribution in [3.63, 3.8) is 0 Å². The van der Waals surface area contributed by atoms with E-state index in [1.165, 1.54) is 6.33 Å². The van der Waals surface area contributed by atoms with E-state index in [0.717, 1.165) is 18.5 Å². The lowest BCUT2D eigenvalue weighted by Crippen LogP contribution is -2.39. The summed E-state index contributed by atoms with van der Waals surface area (Å²) in [5.74, 6) is 0.885. The van der Waals surface area contributed by atoms with Crippen LogP contribution in [0, 0.1) is 11.8 Å². The molecule has 0 saturated heterocycles. The average Bonchev–Trinajstić information content (AvgIpc) is 2.75. The van der Waals surface area contributed by atoms with Gasteiger partial charge in [0.25, 0.3) is 0 Å². The van der Waals surface area contributed by atoms with Gasteiger partial charge in [0, 0.05) is 12.6 Å². The van der Waals surface area contributed by atoms with Crippen LogP contribution >= 0.6 is 11.6 Å². The number of rotatable bonds is 3. The molecule has 1 N–H and O–H groups in total. The standard InChI is InChI=1S/C12H15ClN4O/c1-2-8-7(4-18)3-9(8)17-6-16-10-11(13)14-5-15-12(10)17/h5-9,18H,2-4H2,1H3/t7-,8-,9-/m1/s1. The van der Waals surface area contributed by atoms with E-state index in [1.807, 2.05) is 0 Å². The second-order valence-electron chi connectivity index (χ2n) is 4.81. The molecule has 1 aliphatic carbocycles. The number of aromatic nitrogens is 4. The molecule has 0 bridgehead atoms. The van der Waals surface area contributed by atoms with Crippen molar-refractivity contribution in [3.8, 4) is 0 Å². The third-order valence-electron chi connectivity index (χ3n) is 4.02. The van der Waals surface area contributed by atoms with Gasteiger partial charge in [-0.2, -0.15) is 0 Å². The van der Waals surface area contributed by atoms with Gasteiger partial charge < -0.3 is 9.67 Å². The van der Waals surface area contributed by atoms with Crippen LogP contribution in [0.2, 0.25) is 5.15 Å². The van der Waals surface area contributed by atoms with Gasteiger partial charge >= 0.3 is 0 Å². The number of imidazole rings is 1. The van der Waals surface area contributed by atoms with E-state index in [-0.39, 0.29) is 6.61 Å². The molecule has 96 valence electrons. The first-order chi connectivity index (χ1) is 8.76. The fourth-order valence-electron chi connectivity index (χ4n) is 2.98. The van der Waals surface area contributed by atoms with Gasteiger partial charge in [-0.05, 0) is 18.3 Å². The Morgan fingerprint density at radius 1 is 1.44 bits per heavy atom. The molecule has 18 heavy (non-hydrogen) atoms. The summed E-state index contributed by atoms with van der Waals surface area (Å²) in [6, 6.07) is 0.364. The maximum Gasteiger partial charge on any atom is 0.165 e. The maximum atomic E-state index is 9.29. The molecular formula is C12H15ClN4O. The van der Waals surface area contributed by atoms with Gasteiger partial charge in [-0.15, -0.1) is 0 Å². The van der Waals surface area contributed by atoms with Crippen molar-refractivity contribution < 1.29 is 5.11 Å². The summed E-state index contributed by atoms with van der Waals surface area (Å²) in [6.07, 6.45) is 5.27. The van der Waals surface area contributed by atoms with Crippen molar-refractivity contribution in [2.24, 2.45) is 11.8 Å². The molecule has 0 unspecified atom stereocenters. The number of aliphatic hydroxyl groups excluding tert-OH is 1. The monoisotopic (exact) mass is 266 g/mol. The van der Waals surface area contributed by atoms with Crippen LogP contribution in [0.1, 0.15) is 25.8 Å². The molecule has 5 nitrogen and oxygen atoms in total. The molecule has 2 heterocycles. The second kappa shape index (κ2) is 4.48. The summed E-state index contributed by atoms with van der Waals surface area (Å²) in [5.41, 5.74) is 1.44. The summed E-state index contributed by atoms with van der Waals surface area (Å²) in [6.45, 7) is 2.41. The third-order valence-corrected chi connectivity index (χ3v) is 4.30. The van der Waals surface area contributed by atoms with Crippen molar-refractivity contribution in [2.75, 3.05) is 6.61 Å². The van der Waals surface area contributed by atoms with Crippen LogP contribution in [0.5, 0.6) is 0 Å². The van der Waals surface area contributed by atoms with Crippen molar-refractivity contribution in [2.45, 2.75) is 25.8 Å². The Balaban J connectivity index is 1.99. The Kier molecular flexibility index (Phi) is 2.95. The van der Waals surface area contributed by atoms with E-state index < -0.39 is 0 Å². The zero-order valence-corrected chi connectivity index (χ0v) is 10.9. The van der Waals surface area contributed by atoms with E-state index in [4.69, 9.17) is 11.6 Å². The number of fused-ring (bicyclic) bond motifs is 1. The minimum atomic E-state index is 0.261. The number of halogens is 1. The normalized spacial score (nSPS) is 27.4. The molecular weight excluding hydrogens is 252 g/mol. The maximum absolute atomic E-state index is 9.29. The molecule has 6 heteroatoms. The highest BCUT2D eigenvalue weighted by atomic mass is 35.5. The Labute approximate surface area is 110 Å². The fourth-order valence-corrected chi connectivity index (χ4v) is 3.16. The van der Waals surface area contributed by atoms with Gasteiger partial charge in [-0.25, -0.2) is 15.0 Å². The zero-order valence-electron chi connectivity index (χ0n) is 10.1. The summed E-state index contributed by atoms with van der Waals surface area (Å²) in [4.78, 5) is 12.5. The van der Waals surface area contributed by atoms with Crippen LogP contribution < -0.4 is 0 Å². The summed E-state index contributed by atoms with van der Waals surface area (Å²) in [7, 11) is 0. The lowest BCUT2D eigenvalue weighted by Gasteiger charge is -2.44. The first-order valence-electron chi connectivity index (χ1n) is 6.20. The van der Waals surface area contributed by atoms with Gasteiger partial charge in [0.1, 0.15) is 11.8 Å². The Morgan fingerprint density at radius 2 is 2.28 bits per heavy atom. The van der Waals surface area contributed by atoms with E-state index in [1.54, 1.807) is 6.33 Å². The Hall–Kier alpha value is -1.20. The molecule has 1 aliphatic rings. The predicted molar refractivity (Wildman–Crippen MR) is 68.3 cm³/mol. The molecule has 3 rings (SSSR count). The average molecular weight is 267 g/mol. The number of nitrogens with zero attached hydrogens (tertiary/aromatic N) is 4. The quantitative estimate of drug-likeness (QED) is 0.864. The first kappa shape index (κ1) is 11.9. The molecule has 0 radical (unpaired) electrons. The number of hydrogen-bond acceptors (Lipinski definition) is 4. The Morgan fingerprint density at radius 3 is 3.00 bits per heavy atom. The SMILES string of the molecule is CC[C@@H]1[C@@H](CO)C[C@H]1n1cnc2c(Cl)ncnc21. The first-order valence-corrected chi connectivity index (χ1v) is 6.58. The largest absolute Gasteiger partial charge is 0.396 e. The van der Waals surface area contributed by atoms with Gasteiger partial charge in [0.15, 0.2) is 10.8 Å². The topological polar surface area (TPSA) is 63.8 Å². The van der Waals surface area contributed by atoms with E-state index >= 15 is 0 Å². The third kappa shape index (κ3) is 1.61. The van der Waals surface area contributed by atoms with E-state index in [2.05, 4.69) is 26.4 Å². The summed E-state index contributed by atoms with van der Waals surface area (Å²) >= 11 is 6.00. The molecule has 0 aromatic carbocycles. The van der Waals surface area contributed by atoms with Crippen molar-refractivity contribution >= 4 is 22.8 Å². The van der Waals surface area contributed by atoms with Crippen molar-refractivity contribution in [1.82, 2.24) is 19.5 Å². The van der Waals surface area contributed by atoms with Crippen molar-refractivity contribution in [1.29, 1.82) is 0 Å². The van der Waals surface area contributed by atoms with Gasteiger partial charge in [0.05, 0.1) is 6.33 Å². The van der Waals surface area contributed by atoms with Crippen LogP contribution in [0.25, 0.3) is 11.2 Å². The lowest BCUT2D eigenvalue weighted by molar-refractivity contribution is 0.0293. The minimum absolute atomic E-state index is 0.261. The van der Waals surface area contributed by atoms with Gasteiger partial charge in [0.2, 0.25) is 0 Å². The second-order valence-corrected chi connectivity index (χ2v) is 5.16. The Bertz CT molecular complexity index is 570. The molecule has 0 amide bonds. The van der Waals surface area contributed by atoms with Crippen LogP contribution in [0.4, 0.5) is 0 Å². The van der Waals surface area contributed by atoms with E-state index in [9.17, 15) is 5.11 Å². The summed E-state index contributed by atoms with van der Waals surface area (Å²) < 4.78 is 2.07. The number of aliphatic hydroxyl groups is 1. The molecule has 0 aliphatic heterocycles. The number of hydrogen-bond donors (Lipinski definition) is 1. The molecule has 2 aromatic rings. The zero-order chi connectivity index (χ0) is 12.7. The van der Waals surface area contributed by atoms with Crippen LogP contribution in [0.3, 0.4) is 0 Å². The molecule has 1 fully saturated rings.